The third-order valence-corrected chi connectivity index (χ3v) is 11.5. The van der Waals surface area contributed by atoms with Crippen molar-refractivity contribution in [2.75, 3.05) is 19.7 Å². The fourth-order valence-electron chi connectivity index (χ4n) is 8.34. The number of carbonyl (C=O) groups is 1. The van der Waals surface area contributed by atoms with Crippen molar-refractivity contribution in [3.05, 3.63) is 123 Å². The molecule has 5 heterocycles. The Morgan fingerprint density at radius 2 is 1.80 bits per heavy atom. The molecule has 3 aromatic carbocycles. The molecule has 1 amide bonds. The minimum Gasteiger partial charge on any atom is -0.402 e. The van der Waals surface area contributed by atoms with Gasteiger partial charge in [0.2, 0.25) is 0 Å². The van der Waals surface area contributed by atoms with Gasteiger partial charge in [-0.05, 0) is 118 Å². The Morgan fingerprint density at radius 1 is 1.02 bits per heavy atom. The van der Waals surface area contributed by atoms with Gasteiger partial charge >= 0.3 is 5.69 Å². The molecule has 56 heavy (non-hydrogen) atoms. The van der Waals surface area contributed by atoms with E-state index in [2.05, 4.69) is 36.1 Å². The second kappa shape index (κ2) is 13.4. The molecule has 11 nitrogen and oxygen atoms in total. The van der Waals surface area contributed by atoms with Gasteiger partial charge in [0.1, 0.15) is 17.3 Å². The number of ether oxygens (including phenoxy) is 1. The number of carbonyl (C=O) groups excluding carboxylic acids is 1. The summed E-state index contributed by atoms with van der Waals surface area (Å²) in [4.78, 5) is 38.4. The molecule has 1 saturated heterocycles. The molecule has 0 spiro atoms. The van der Waals surface area contributed by atoms with Crippen molar-refractivity contribution in [3.8, 4) is 5.69 Å². The largest absolute Gasteiger partial charge is 0.402 e. The lowest BCUT2D eigenvalue weighted by Crippen LogP contribution is -2.42. The van der Waals surface area contributed by atoms with Crippen LogP contribution in [0.25, 0.3) is 27.5 Å². The fraction of sp³-hybridized carbons (Fsp3) is 0.349. The second-order valence-electron chi connectivity index (χ2n) is 16.1. The van der Waals surface area contributed by atoms with E-state index in [1.807, 2.05) is 16.8 Å². The van der Waals surface area contributed by atoms with Crippen molar-refractivity contribution >= 4 is 39.2 Å². The molecule has 0 radical (unpaired) electrons. The maximum atomic E-state index is 16.1. The maximum Gasteiger partial charge on any atom is 0.338 e. The average molecular weight is 759 g/mol. The van der Waals surface area contributed by atoms with E-state index in [0.717, 1.165) is 36.6 Å². The number of halogens is 2. The average Bonchev–Trinajstić information content (AvgIpc) is 3.58. The van der Waals surface area contributed by atoms with Crippen LogP contribution in [0.2, 0.25) is 0 Å². The smallest absolute Gasteiger partial charge is 0.338 e. The van der Waals surface area contributed by atoms with Gasteiger partial charge in [-0.15, -0.1) is 0 Å². The topological polar surface area (TPSA) is 128 Å². The molecule has 3 aliphatic rings. The lowest BCUT2D eigenvalue weighted by Gasteiger charge is -2.35. The molecule has 1 atom stereocenters. The lowest BCUT2D eigenvalue weighted by molar-refractivity contribution is -0.0592. The molecule has 3 N–H and O–H groups in total. The predicted molar refractivity (Wildman–Crippen MR) is 212 cm³/mol. The predicted octanol–water partition coefficient (Wildman–Crippen LogP) is 7.71. The standard InChI is InChI=1S/C43H44F2N8O3/c1-24-17-29(18-25(2)38(24)44)48-40(52-15-14-51(42(52)55)37-10-9-36-31(39(37)45)22-47-53(36)30-6-7-30)32-23-50(13-11-33(32)46)41(54)35-20-28-19-26(5-8-34(28)49-35)27-12-16-56-43(3,4)21-27/h5,8-10,14-15,17-20,22,27,30,49H,6-7,11-13,16,21,23,46H2,1-4H3. The third-order valence-electron chi connectivity index (χ3n) is 11.5. The summed E-state index contributed by atoms with van der Waals surface area (Å²) in [6, 6.07) is 15.0. The van der Waals surface area contributed by atoms with E-state index in [0.29, 0.717) is 70.2 Å². The van der Waals surface area contributed by atoms with Crippen LogP contribution >= 0.6 is 0 Å². The summed E-state index contributed by atoms with van der Waals surface area (Å²) in [6.07, 6.45) is 8.68. The highest BCUT2D eigenvalue weighted by atomic mass is 19.1. The zero-order valence-corrected chi connectivity index (χ0v) is 31.9. The van der Waals surface area contributed by atoms with E-state index in [1.165, 1.54) is 33.3 Å². The van der Waals surface area contributed by atoms with E-state index in [-0.39, 0.29) is 41.4 Å². The van der Waals surface area contributed by atoms with Crippen LogP contribution in [0.15, 0.2) is 88.2 Å². The number of aliphatic imine (C=N–C) groups is 1. The third kappa shape index (κ3) is 6.33. The van der Waals surface area contributed by atoms with Crippen LogP contribution in [0, 0.1) is 25.5 Å². The molecular weight excluding hydrogens is 715 g/mol. The number of H-pyrrole nitrogens is 1. The first-order chi connectivity index (χ1) is 26.8. The van der Waals surface area contributed by atoms with Crippen LogP contribution in [0.1, 0.15) is 85.1 Å². The van der Waals surface area contributed by atoms with Crippen molar-refractivity contribution < 1.29 is 18.3 Å². The first-order valence-electron chi connectivity index (χ1n) is 19.2. The number of rotatable bonds is 6. The number of hydrogen-bond acceptors (Lipinski definition) is 6. The molecule has 6 aromatic rings. The Labute approximate surface area is 322 Å². The van der Waals surface area contributed by atoms with Gasteiger partial charge in [-0.3, -0.25) is 18.6 Å². The Hall–Kier alpha value is -5.82. The SMILES string of the molecule is Cc1cc(N=C(C2=C(N)CCN(C(=O)c3cc4cc(C5CCOC(C)(C)C5)ccc4[nH]3)C2)n2ccn(-c3ccc4c(cnn4C4CC4)c3F)c2=O)cc(C)c1F. The summed E-state index contributed by atoms with van der Waals surface area (Å²) < 4.78 is 41.1. The van der Waals surface area contributed by atoms with Crippen molar-refractivity contribution in [2.45, 2.75) is 77.4 Å². The molecule has 1 unspecified atom stereocenters. The highest BCUT2D eigenvalue weighted by Gasteiger charge is 2.32. The molecule has 0 bridgehead atoms. The van der Waals surface area contributed by atoms with Crippen molar-refractivity contribution in [2.24, 2.45) is 10.7 Å². The molecular formula is C43H44F2N8O3. The summed E-state index contributed by atoms with van der Waals surface area (Å²) in [7, 11) is 0. The van der Waals surface area contributed by atoms with Gasteiger partial charge < -0.3 is 20.4 Å². The van der Waals surface area contributed by atoms with Crippen molar-refractivity contribution in [1.29, 1.82) is 0 Å². The van der Waals surface area contributed by atoms with Gasteiger partial charge in [0.15, 0.2) is 5.82 Å². The molecule has 2 aliphatic heterocycles. The Kier molecular flexibility index (Phi) is 8.60. The second-order valence-corrected chi connectivity index (χ2v) is 16.1. The number of imidazole rings is 1. The number of aryl methyl sites for hydroxylation is 2. The Morgan fingerprint density at radius 3 is 2.55 bits per heavy atom. The van der Waals surface area contributed by atoms with Crippen LogP contribution in [-0.2, 0) is 4.74 Å². The number of nitrogens with two attached hydrogens (primary N) is 1. The van der Waals surface area contributed by atoms with E-state index < -0.39 is 11.5 Å². The van der Waals surface area contributed by atoms with Crippen LogP contribution < -0.4 is 11.4 Å². The quantitative estimate of drug-likeness (QED) is 0.133. The number of aromatic nitrogens is 5. The van der Waals surface area contributed by atoms with Crippen LogP contribution in [0.4, 0.5) is 14.5 Å². The van der Waals surface area contributed by atoms with Gasteiger partial charge in [0, 0.05) is 54.1 Å². The van der Waals surface area contributed by atoms with Gasteiger partial charge in [0.05, 0.1) is 46.7 Å². The molecule has 1 saturated carbocycles. The summed E-state index contributed by atoms with van der Waals surface area (Å²) in [5.41, 5.74) is 11.3. The first-order valence-corrected chi connectivity index (χ1v) is 19.2. The number of nitrogens with one attached hydrogen (secondary N) is 1. The number of hydrogen-bond donors (Lipinski definition) is 2. The molecule has 288 valence electrons. The minimum absolute atomic E-state index is 0.0543. The van der Waals surface area contributed by atoms with Gasteiger partial charge in [-0.25, -0.2) is 18.6 Å². The van der Waals surface area contributed by atoms with Gasteiger partial charge in [-0.1, -0.05) is 6.07 Å². The van der Waals surface area contributed by atoms with Crippen LogP contribution in [-0.4, -0.2) is 65.8 Å². The lowest BCUT2D eigenvalue weighted by atomic mass is 9.83. The Balaban J connectivity index is 1.07. The number of amides is 1. The van der Waals surface area contributed by atoms with E-state index >= 15 is 4.39 Å². The normalized spacial score (nSPS) is 19.1. The summed E-state index contributed by atoms with van der Waals surface area (Å²) in [5.74, 6) is -0.601. The van der Waals surface area contributed by atoms with E-state index in [4.69, 9.17) is 15.5 Å². The summed E-state index contributed by atoms with van der Waals surface area (Å²) in [6.45, 7) is 8.65. The zero-order chi connectivity index (χ0) is 39.0. The van der Waals surface area contributed by atoms with Crippen LogP contribution in [0.3, 0.4) is 0 Å². The van der Waals surface area contributed by atoms with E-state index in [1.54, 1.807) is 43.0 Å². The Bertz CT molecular complexity index is 2670. The fourth-order valence-corrected chi connectivity index (χ4v) is 8.34. The molecule has 13 heteroatoms. The highest BCUT2D eigenvalue weighted by molar-refractivity contribution is 6.04. The molecule has 1 aliphatic carbocycles. The molecule has 2 fully saturated rings. The van der Waals surface area contributed by atoms with E-state index in [9.17, 15) is 14.0 Å². The number of benzene rings is 3. The first kappa shape index (κ1) is 35.9. The highest BCUT2D eigenvalue weighted by Crippen LogP contribution is 2.38. The number of fused-ring (bicyclic) bond motifs is 2. The molecule has 9 rings (SSSR count). The maximum absolute atomic E-state index is 16.1. The number of aromatic amines is 1. The zero-order valence-electron chi connectivity index (χ0n) is 31.9. The van der Waals surface area contributed by atoms with Crippen molar-refractivity contribution in [1.82, 2.24) is 28.8 Å². The van der Waals surface area contributed by atoms with Crippen LogP contribution in [0.5, 0.6) is 0 Å². The molecule has 3 aromatic heterocycles. The summed E-state index contributed by atoms with van der Waals surface area (Å²) >= 11 is 0. The number of nitrogens with zero attached hydrogens (tertiary/aromatic N) is 6. The van der Waals surface area contributed by atoms with Gasteiger partial charge in [-0.2, -0.15) is 5.10 Å². The van der Waals surface area contributed by atoms with Crippen molar-refractivity contribution in [3.63, 3.8) is 0 Å². The van der Waals surface area contributed by atoms with Gasteiger partial charge in [0.25, 0.3) is 5.91 Å². The monoisotopic (exact) mass is 758 g/mol. The minimum atomic E-state index is -0.588. The summed E-state index contributed by atoms with van der Waals surface area (Å²) in [5, 5.41) is 5.69.